The predicted molar refractivity (Wildman–Crippen MR) is 53.3 cm³/mol. The molecule has 0 saturated carbocycles. The topological polar surface area (TPSA) is 47.3 Å². The molecule has 0 aromatic heterocycles. The number of halogens is 4. The van der Waals surface area contributed by atoms with E-state index in [-0.39, 0.29) is 12.2 Å². The normalized spacial score (nSPS) is 13.8. The fourth-order valence-electron chi connectivity index (χ4n) is 1.47. The van der Waals surface area contributed by atoms with E-state index in [1.807, 2.05) is 0 Å². The van der Waals surface area contributed by atoms with Crippen LogP contribution in [0.4, 0.5) is 17.6 Å². The maximum absolute atomic E-state index is 13.0. The first kappa shape index (κ1) is 13.9. The highest BCUT2D eigenvalue weighted by Gasteiger charge is 2.35. The summed E-state index contributed by atoms with van der Waals surface area (Å²) < 4.78 is 55.8. The summed E-state index contributed by atoms with van der Waals surface area (Å²) >= 11 is 0. The minimum absolute atomic E-state index is 0.0942. The summed E-state index contributed by atoms with van der Waals surface area (Å²) in [5.74, 6) is 4.37. The van der Waals surface area contributed by atoms with Crippen LogP contribution in [0.15, 0.2) is 18.2 Å². The molecule has 3 nitrogen and oxygen atoms in total. The van der Waals surface area contributed by atoms with Gasteiger partial charge in [0.15, 0.2) is 0 Å². The van der Waals surface area contributed by atoms with Gasteiger partial charge < -0.3 is 4.74 Å². The molecule has 1 unspecified atom stereocenters. The van der Waals surface area contributed by atoms with Crippen LogP contribution in [0, 0.1) is 5.82 Å². The molecule has 17 heavy (non-hydrogen) atoms. The molecule has 7 heteroatoms. The van der Waals surface area contributed by atoms with Gasteiger partial charge in [-0.1, -0.05) is 0 Å². The highest BCUT2D eigenvalue weighted by molar-refractivity contribution is 5.33. The number of hydrogen-bond acceptors (Lipinski definition) is 3. The van der Waals surface area contributed by atoms with Gasteiger partial charge in [0.05, 0.1) is 18.2 Å². The molecule has 0 aliphatic rings. The number of nitrogens with one attached hydrogen (secondary N) is 1. The third-order valence-corrected chi connectivity index (χ3v) is 2.23. The summed E-state index contributed by atoms with van der Waals surface area (Å²) in [6.07, 6.45) is -4.56. The van der Waals surface area contributed by atoms with Crippen molar-refractivity contribution in [3.8, 4) is 0 Å². The van der Waals surface area contributed by atoms with Crippen LogP contribution in [0.2, 0.25) is 0 Å². The molecule has 0 radical (unpaired) electrons. The lowest BCUT2D eigenvalue weighted by molar-refractivity contribution is -0.138. The number of nitrogens with two attached hydrogens (primary N) is 1. The first-order chi connectivity index (χ1) is 7.90. The number of alkyl halides is 3. The number of rotatable bonds is 4. The molecule has 1 atom stereocenters. The summed E-state index contributed by atoms with van der Waals surface area (Å²) in [6, 6.07) is 1.32. The molecule has 0 fully saturated rings. The van der Waals surface area contributed by atoms with Crippen molar-refractivity contribution in [1.82, 2.24) is 5.43 Å². The van der Waals surface area contributed by atoms with E-state index in [0.717, 1.165) is 12.1 Å². The number of hydrogen-bond donors (Lipinski definition) is 2. The van der Waals surface area contributed by atoms with E-state index in [4.69, 9.17) is 10.6 Å². The zero-order valence-corrected chi connectivity index (χ0v) is 9.01. The van der Waals surface area contributed by atoms with Gasteiger partial charge in [-0.2, -0.15) is 13.2 Å². The fourth-order valence-corrected chi connectivity index (χ4v) is 1.47. The Kier molecular flexibility index (Phi) is 4.44. The molecule has 0 amide bonds. The van der Waals surface area contributed by atoms with Crippen molar-refractivity contribution < 1.29 is 22.3 Å². The Hall–Kier alpha value is -1.18. The Morgan fingerprint density at radius 2 is 2.06 bits per heavy atom. The number of hydrazine groups is 1. The van der Waals surface area contributed by atoms with Crippen molar-refractivity contribution in [2.75, 3.05) is 13.7 Å². The van der Waals surface area contributed by atoms with E-state index < -0.39 is 23.6 Å². The minimum atomic E-state index is -4.56. The second-order valence-electron chi connectivity index (χ2n) is 3.40. The standard InChI is InChI=1S/C10H12F4N2O/c1-17-5-9(16-15)7-4-6(11)2-3-8(7)10(12,13)14/h2-4,9,16H,5,15H2,1H3. The molecule has 1 aromatic carbocycles. The fraction of sp³-hybridized carbons (Fsp3) is 0.400. The number of methoxy groups -OCH3 is 1. The van der Waals surface area contributed by atoms with E-state index in [9.17, 15) is 17.6 Å². The van der Waals surface area contributed by atoms with Crippen molar-refractivity contribution in [3.05, 3.63) is 35.1 Å². The Morgan fingerprint density at radius 3 is 2.53 bits per heavy atom. The van der Waals surface area contributed by atoms with Crippen LogP contribution in [0.3, 0.4) is 0 Å². The molecular weight excluding hydrogens is 240 g/mol. The van der Waals surface area contributed by atoms with Crippen LogP contribution >= 0.6 is 0 Å². The first-order valence-electron chi connectivity index (χ1n) is 4.72. The van der Waals surface area contributed by atoms with E-state index in [1.54, 1.807) is 0 Å². The minimum Gasteiger partial charge on any atom is -0.383 e. The molecule has 96 valence electrons. The summed E-state index contributed by atoms with van der Waals surface area (Å²) in [5, 5.41) is 0. The lowest BCUT2D eigenvalue weighted by Crippen LogP contribution is -2.32. The van der Waals surface area contributed by atoms with Gasteiger partial charge in [-0.05, 0) is 23.8 Å². The molecule has 0 bridgehead atoms. The molecule has 1 aromatic rings. The second-order valence-corrected chi connectivity index (χ2v) is 3.40. The van der Waals surface area contributed by atoms with Gasteiger partial charge in [0.2, 0.25) is 0 Å². The van der Waals surface area contributed by atoms with Crippen molar-refractivity contribution in [2.24, 2.45) is 5.84 Å². The van der Waals surface area contributed by atoms with Crippen LogP contribution in [0.5, 0.6) is 0 Å². The van der Waals surface area contributed by atoms with E-state index in [1.165, 1.54) is 7.11 Å². The predicted octanol–water partition coefficient (Wildman–Crippen LogP) is 2.00. The lowest BCUT2D eigenvalue weighted by atomic mass is 10.0. The average Bonchev–Trinajstić information content (AvgIpc) is 2.24. The first-order valence-corrected chi connectivity index (χ1v) is 4.72. The van der Waals surface area contributed by atoms with Gasteiger partial charge in [0.1, 0.15) is 5.82 Å². The van der Waals surface area contributed by atoms with Crippen LogP contribution in [0.25, 0.3) is 0 Å². The van der Waals surface area contributed by atoms with Gasteiger partial charge in [-0.25, -0.2) is 4.39 Å². The van der Waals surface area contributed by atoms with Crippen molar-refractivity contribution in [1.29, 1.82) is 0 Å². The van der Waals surface area contributed by atoms with Crippen molar-refractivity contribution in [3.63, 3.8) is 0 Å². The Labute approximate surface area is 95.5 Å². The van der Waals surface area contributed by atoms with Gasteiger partial charge >= 0.3 is 6.18 Å². The molecular formula is C10H12F4N2O. The van der Waals surface area contributed by atoms with Crippen LogP contribution in [-0.2, 0) is 10.9 Å². The zero-order valence-electron chi connectivity index (χ0n) is 9.01. The van der Waals surface area contributed by atoms with Crippen LogP contribution in [-0.4, -0.2) is 13.7 Å². The molecule has 0 aliphatic heterocycles. The summed E-state index contributed by atoms with van der Waals surface area (Å²) in [5.41, 5.74) is 0.960. The Bertz CT molecular complexity index is 381. The van der Waals surface area contributed by atoms with Gasteiger partial charge in [0.25, 0.3) is 0 Å². The summed E-state index contributed by atoms with van der Waals surface area (Å²) in [6.45, 7) is -0.0942. The Morgan fingerprint density at radius 1 is 1.41 bits per heavy atom. The van der Waals surface area contributed by atoms with Crippen molar-refractivity contribution in [2.45, 2.75) is 12.2 Å². The number of benzene rings is 1. The third kappa shape index (κ3) is 3.39. The summed E-state index contributed by atoms with van der Waals surface area (Å²) in [4.78, 5) is 0. The van der Waals surface area contributed by atoms with Crippen LogP contribution < -0.4 is 11.3 Å². The maximum Gasteiger partial charge on any atom is 0.416 e. The lowest BCUT2D eigenvalue weighted by Gasteiger charge is -2.20. The van der Waals surface area contributed by atoms with Crippen molar-refractivity contribution >= 4 is 0 Å². The smallest absolute Gasteiger partial charge is 0.383 e. The largest absolute Gasteiger partial charge is 0.416 e. The highest BCUT2D eigenvalue weighted by Crippen LogP contribution is 2.34. The summed E-state index contributed by atoms with van der Waals surface area (Å²) in [7, 11) is 1.32. The molecule has 0 saturated heterocycles. The second kappa shape index (κ2) is 5.44. The van der Waals surface area contributed by atoms with Gasteiger partial charge in [-0.3, -0.25) is 11.3 Å². The third-order valence-electron chi connectivity index (χ3n) is 2.23. The van der Waals surface area contributed by atoms with Gasteiger partial charge in [0, 0.05) is 7.11 Å². The van der Waals surface area contributed by atoms with E-state index >= 15 is 0 Å². The molecule has 0 spiro atoms. The zero-order chi connectivity index (χ0) is 13.1. The Balaban J connectivity index is 3.23. The quantitative estimate of drug-likeness (QED) is 0.489. The van der Waals surface area contributed by atoms with E-state index in [0.29, 0.717) is 6.07 Å². The molecule has 3 N–H and O–H groups in total. The highest BCUT2D eigenvalue weighted by atomic mass is 19.4. The molecule has 0 aliphatic carbocycles. The van der Waals surface area contributed by atoms with Crippen LogP contribution in [0.1, 0.15) is 17.2 Å². The maximum atomic E-state index is 13.0. The van der Waals surface area contributed by atoms with Gasteiger partial charge in [-0.15, -0.1) is 0 Å². The molecule has 1 rings (SSSR count). The average molecular weight is 252 g/mol. The SMILES string of the molecule is COCC(NN)c1cc(F)ccc1C(F)(F)F. The van der Waals surface area contributed by atoms with E-state index in [2.05, 4.69) is 5.43 Å². The molecule has 0 heterocycles. The monoisotopic (exact) mass is 252 g/mol. The number of ether oxygens (including phenoxy) is 1.